The number of benzene rings is 1. The molecule has 0 aliphatic carbocycles. The highest BCUT2D eigenvalue weighted by atomic mass is 16.5. The van der Waals surface area contributed by atoms with Gasteiger partial charge in [-0.05, 0) is 45.9 Å². The number of hydrogen-bond acceptors (Lipinski definition) is 6. The number of carbonyl (C=O) groups excluding carboxylic acids is 2. The van der Waals surface area contributed by atoms with Crippen molar-refractivity contribution >= 4 is 28.4 Å². The third-order valence-corrected chi connectivity index (χ3v) is 3.67. The number of ether oxygens (including phenoxy) is 1. The highest BCUT2D eigenvalue weighted by Crippen LogP contribution is 2.21. The number of ketones is 1. The van der Waals surface area contributed by atoms with E-state index in [1.54, 1.807) is 13.0 Å². The minimum absolute atomic E-state index is 0.0816. The van der Waals surface area contributed by atoms with E-state index in [0.717, 1.165) is 5.56 Å². The van der Waals surface area contributed by atoms with Crippen LogP contribution in [-0.2, 0) is 9.53 Å². The number of rotatable bonds is 5. The molecule has 1 aromatic carbocycles. The van der Waals surface area contributed by atoms with Crippen LogP contribution in [0.4, 0.5) is 0 Å². The Bertz CT molecular complexity index is 897. The first-order valence-corrected chi connectivity index (χ1v) is 7.74. The zero-order chi connectivity index (χ0) is 18.7. The molecular weight excluding hydrogens is 320 g/mol. The second kappa shape index (κ2) is 7.25. The van der Waals surface area contributed by atoms with Crippen LogP contribution in [0, 0.1) is 19.3 Å². The Kier molecular flexibility index (Phi) is 5.32. The number of esters is 1. The molecule has 0 aliphatic heterocycles. The number of carbonyl (C=O) groups is 2. The monoisotopic (exact) mass is 340 g/mol. The summed E-state index contributed by atoms with van der Waals surface area (Å²) in [5.41, 5.74) is 2.45. The topological polar surface area (TPSA) is 100 Å². The van der Waals surface area contributed by atoms with Crippen molar-refractivity contribution in [2.75, 3.05) is 6.61 Å². The van der Waals surface area contributed by atoms with E-state index in [1.807, 2.05) is 25.1 Å². The van der Waals surface area contributed by atoms with Crippen molar-refractivity contribution < 1.29 is 19.4 Å². The van der Waals surface area contributed by atoms with Crippen molar-refractivity contribution in [2.24, 2.45) is 0 Å². The molecule has 6 heteroatoms. The van der Waals surface area contributed by atoms with Gasteiger partial charge in [0.05, 0.1) is 16.7 Å². The second-order valence-corrected chi connectivity index (χ2v) is 5.91. The fourth-order valence-corrected chi connectivity index (χ4v) is 2.61. The largest absolute Gasteiger partial charge is 0.508 e. The summed E-state index contributed by atoms with van der Waals surface area (Å²) in [5, 5.41) is 18.2. The zero-order valence-corrected chi connectivity index (χ0v) is 14.6. The zero-order valence-electron chi connectivity index (χ0n) is 14.6. The molecule has 0 amide bonds. The fraction of sp³-hybridized carbons (Fsp3) is 0.263. The first-order valence-electron chi connectivity index (χ1n) is 7.74. The number of pyridine rings is 1. The summed E-state index contributed by atoms with van der Waals surface area (Å²) in [4.78, 5) is 28.3. The normalized spacial score (nSPS) is 11.8. The SMILES string of the molecule is CC(=N)/C(C(C)=O)=C(/O)COC(=O)c1cc(C)nc2ccc(C)cc12. The van der Waals surface area contributed by atoms with Gasteiger partial charge in [-0.25, -0.2) is 4.79 Å². The molecule has 25 heavy (non-hydrogen) atoms. The lowest BCUT2D eigenvalue weighted by Gasteiger charge is -2.10. The van der Waals surface area contributed by atoms with Crippen LogP contribution in [0.2, 0.25) is 0 Å². The van der Waals surface area contributed by atoms with Crippen LogP contribution < -0.4 is 0 Å². The summed E-state index contributed by atoms with van der Waals surface area (Å²) < 4.78 is 5.15. The Balaban J connectivity index is 2.35. The van der Waals surface area contributed by atoms with E-state index in [4.69, 9.17) is 10.1 Å². The minimum Gasteiger partial charge on any atom is -0.508 e. The predicted octanol–water partition coefficient (Wildman–Crippen LogP) is 3.45. The highest BCUT2D eigenvalue weighted by molar-refractivity contribution is 6.20. The van der Waals surface area contributed by atoms with Gasteiger partial charge in [0.2, 0.25) is 0 Å². The summed E-state index contributed by atoms with van der Waals surface area (Å²) in [5.74, 6) is -1.51. The number of Topliss-reactive ketones (excluding diaryl/α,β-unsaturated/α-hetero) is 1. The molecule has 0 unspecified atom stereocenters. The molecular formula is C19H20N2O4. The molecule has 1 aromatic heterocycles. The molecule has 0 fully saturated rings. The summed E-state index contributed by atoms with van der Waals surface area (Å²) in [6.45, 7) is 5.85. The lowest BCUT2D eigenvalue weighted by Crippen LogP contribution is -2.15. The number of aliphatic hydroxyl groups excluding tert-OH is 1. The molecule has 0 saturated heterocycles. The van der Waals surface area contributed by atoms with Gasteiger partial charge >= 0.3 is 5.97 Å². The average Bonchev–Trinajstić information content (AvgIpc) is 2.51. The van der Waals surface area contributed by atoms with Crippen molar-refractivity contribution in [3.63, 3.8) is 0 Å². The smallest absolute Gasteiger partial charge is 0.339 e. The maximum absolute atomic E-state index is 12.5. The maximum atomic E-state index is 12.5. The van der Waals surface area contributed by atoms with E-state index in [9.17, 15) is 14.7 Å². The van der Waals surface area contributed by atoms with Crippen molar-refractivity contribution in [3.05, 3.63) is 52.4 Å². The van der Waals surface area contributed by atoms with Gasteiger partial charge in [0.25, 0.3) is 0 Å². The first-order chi connectivity index (χ1) is 11.7. The number of aromatic nitrogens is 1. The number of fused-ring (bicyclic) bond motifs is 1. The Morgan fingerprint density at radius 3 is 2.48 bits per heavy atom. The van der Waals surface area contributed by atoms with Gasteiger partial charge in [-0.2, -0.15) is 0 Å². The van der Waals surface area contributed by atoms with Gasteiger partial charge in [-0.3, -0.25) is 9.78 Å². The van der Waals surface area contributed by atoms with Crippen LogP contribution in [0.3, 0.4) is 0 Å². The molecule has 2 aromatic rings. The van der Waals surface area contributed by atoms with Crippen LogP contribution >= 0.6 is 0 Å². The standard InChI is InChI=1S/C19H20N2O4/c1-10-5-6-16-14(7-10)15(8-11(2)21-16)19(24)25-9-17(23)18(12(3)20)13(4)22/h5-8,20,23H,9H2,1-4H3/b18-17-,20-12?. The molecule has 130 valence electrons. The molecule has 0 bridgehead atoms. The number of hydrogen-bond donors (Lipinski definition) is 2. The Labute approximate surface area is 145 Å². The molecule has 0 atom stereocenters. The Morgan fingerprint density at radius 2 is 1.88 bits per heavy atom. The summed E-state index contributed by atoms with van der Waals surface area (Å²) in [6.07, 6.45) is 0. The van der Waals surface area contributed by atoms with E-state index >= 15 is 0 Å². The fourth-order valence-electron chi connectivity index (χ4n) is 2.61. The third-order valence-electron chi connectivity index (χ3n) is 3.67. The lowest BCUT2D eigenvalue weighted by molar-refractivity contribution is -0.113. The van der Waals surface area contributed by atoms with E-state index < -0.39 is 24.1 Å². The van der Waals surface area contributed by atoms with E-state index in [0.29, 0.717) is 22.2 Å². The van der Waals surface area contributed by atoms with Crippen LogP contribution in [-0.4, -0.2) is 34.2 Å². The summed E-state index contributed by atoms with van der Waals surface area (Å²) in [6, 6.07) is 7.21. The molecule has 0 radical (unpaired) electrons. The molecule has 0 spiro atoms. The van der Waals surface area contributed by atoms with Gasteiger partial charge in [0.15, 0.2) is 5.78 Å². The summed E-state index contributed by atoms with van der Waals surface area (Å²) >= 11 is 0. The third kappa shape index (κ3) is 4.09. The van der Waals surface area contributed by atoms with Crippen LogP contribution in [0.5, 0.6) is 0 Å². The van der Waals surface area contributed by atoms with Gasteiger partial charge in [0, 0.05) is 16.8 Å². The lowest BCUT2D eigenvalue weighted by atomic mass is 10.1. The maximum Gasteiger partial charge on any atom is 0.339 e. The number of nitrogens with one attached hydrogen (secondary N) is 1. The minimum atomic E-state index is -0.627. The van der Waals surface area contributed by atoms with Gasteiger partial charge in [0.1, 0.15) is 12.4 Å². The van der Waals surface area contributed by atoms with Crippen LogP contribution in [0.1, 0.15) is 35.5 Å². The van der Waals surface area contributed by atoms with E-state index in [1.165, 1.54) is 13.8 Å². The average molecular weight is 340 g/mol. The number of nitrogens with zero attached hydrogens (tertiary/aromatic N) is 1. The van der Waals surface area contributed by atoms with Crippen molar-refractivity contribution in [3.8, 4) is 0 Å². The molecule has 0 saturated carbocycles. The molecule has 1 heterocycles. The second-order valence-electron chi connectivity index (χ2n) is 5.91. The number of allylic oxidation sites excluding steroid dienone is 1. The van der Waals surface area contributed by atoms with Crippen molar-refractivity contribution in [2.45, 2.75) is 27.7 Å². The predicted molar refractivity (Wildman–Crippen MR) is 95.2 cm³/mol. The van der Waals surface area contributed by atoms with Crippen LogP contribution in [0.15, 0.2) is 35.6 Å². The van der Waals surface area contributed by atoms with E-state index in [-0.39, 0.29) is 11.3 Å². The Hall–Kier alpha value is -3.02. The van der Waals surface area contributed by atoms with Gasteiger partial charge < -0.3 is 15.3 Å². The molecule has 6 nitrogen and oxygen atoms in total. The summed E-state index contributed by atoms with van der Waals surface area (Å²) in [7, 11) is 0. The van der Waals surface area contributed by atoms with E-state index in [2.05, 4.69) is 4.98 Å². The van der Waals surface area contributed by atoms with Gasteiger partial charge in [-0.1, -0.05) is 11.6 Å². The highest BCUT2D eigenvalue weighted by Gasteiger charge is 2.18. The van der Waals surface area contributed by atoms with Crippen molar-refractivity contribution in [1.29, 1.82) is 5.41 Å². The number of aliphatic hydroxyl groups is 1. The van der Waals surface area contributed by atoms with Crippen molar-refractivity contribution in [1.82, 2.24) is 4.98 Å². The van der Waals surface area contributed by atoms with Gasteiger partial charge in [-0.15, -0.1) is 0 Å². The Morgan fingerprint density at radius 1 is 1.20 bits per heavy atom. The number of aryl methyl sites for hydroxylation is 2. The molecule has 2 N–H and O–H groups in total. The van der Waals surface area contributed by atoms with Crippen LogP contribution in [0.25, 0.3) is 10.9 Å². The molecule has 2 rings (SSSR count). The molecule has 0 aliphatic rings. The quantitative estimate of drug-likeness (QED) is 0.376. The first kappa shape index (κ1) is 18.3.